The molecule has 2 aromatic rings. The summed E-state index contributed by atoms with van der Waals surface area (Å²) in [6.07, 6.45) is 1.01. The number of anilines is 1. The van der Waals surface area contributed by atoms with Gasteiger partial charge in [-0.25, -0.2) is 0 Å². The fourth-order valence-electron chi connectivity index (χ4n) is 3.50. The summed E-state index contributed by atoms with van der Waals surface area (Å²) >= 11 is 3.54. The zero-order valence-electron chi connectivity index (χ0n) is 12.6. The summed E-state index contributed by atoms with van der Waals surface area (Å²) < 4.78 is 1.07. The van der Waals surface area contributed by atoms with E-state index in [1.54, 1.807) is 0 Å². The number of nitrogens with one attached hydrogen (secondary N) is 1. The van der Waals surface area contributed by atoms with Gasteiger partial charge in [-0.3, -0.25) is 0 Å². The zero-order valence-corrected chi connectivity index (χ0v) is 14.2. The molecule has 3 rings (SSSR count). The molecule has 2 aromatic carbocycles. The Labute approximate surface area is 134 Å². The van der Waals surface area contributed by atoms with E-state index in [1.807, 2.05) is 12.1 Å². The molecule has 0 radical (unpaired) electrons. The third-order valence-electron chi connectivity index (χ3n) is 4.30. The molecule has 1 aliphatic rings. The number of phenols is 1. The van der Waals surface area contributed by atoms with Gasteiger partial charge in [-0.15, -0.1) is 0 Å². The molecule has 0 saturated carbocycles. The van der Waals surface area contributed by atoms with Crippen LogP contribution < -0.4 is 5.32 Å². The van der Waals surface area contributed by atoms with Crippen LogP contribution in [0.25, 0.3) is 0 Å². The average molecular weight is 346 g/mol. The Balaban J connectivity index is 1.98. The molecule has 1 aliphatic carbocycles. The number of rotatable bonds is 2. The van der Waals surface area contributed by atoms with Gasteiger partial charge in [0.15, 0.2) is 0 Å². The van der Waals surface area contributed by atoms with Gasteiger partial charge in [0.25, 0.3) is 0 Å². The van der Waals surface area contributed by atoms with Crippen molar-refractivity contribution in [2.75, 3.05) is 5.32 Å². The van der Waals surface area contributed by atoms with Crippen molar-refractivity contribution >= 4 is 21.6 Å². The summed E-state index contributed by atoms with van der Waals surface area (Å²) in [4.78, 5) is 0. The average Bonchev–Trinajstić information content (AvgIpc) is 2.71. The molecule has 0 amide bonds. The lowest BCUT2D eigenvalue weighted by atomic mass is 9.97. The molecule has 3 heteroatoms. The van der Waals surface area contributed by atoms with E-state index in [2.05, 4.69) is 60.2 Å². The zero-order chi connectivity index (χ0) is 15.1. The number of phenolic OH excluding ortho intramolecular Hbond substituents is 1. The molecular formula is C18H20BrNO. The van der Waals surface area contributed by atoms with Crippen molar-refractivity contribution in [3.05, 3.63) is 57.1 Å². The van der Waals surface area contributed by atoms with Gasteiger partial charge in [0, 0.05) is 15.7 Å². The summed E-state index contributed by atoms with van der Waals surface area (Å²) in [7, 11) is 0. The van der Waals surface area contributed by atoms with E-state index in [1.165, 1.54) is 16.7 Å². The largest absolute Gasteiger partial charge is 0.508 e. The molecule has 0 bridgehead atoms. The van der Waals surface area contributed by atoms with Crippen LogP contribution in [-0.2, 0) is 0 Å². The van der Waals surface area contributed by atoms with E-state index in [-0.39, 0.29) is 6.04 Å². The molecule has 2 nitrogen and oxygen atoms in total. The van der Waals surface area contributed by atoms with Crippen molar-refractivity contribution in [1.82, 2.24) is 0 Å². The highest BCUT2D eigenvalue weighted by Crippen LogP contribution is 2.47. The Hall–Kier alpha value is -1.48. The van der Waals surface area contributed by atoms with Crippen LogP contribution in [-0.4, -0.2) is 5.11 Å². The van der Waals surface area contributed by atoms with Gasteiger partial charge in [-0.2, -0.15) is 0 Å². The maximum atomic E-state index is 10.3. The highest BCUT2D eigenvalue weighted by molar-refractivity contribution is 9.10. The minimum absolute atomic E-state index is 0.170. The van der Waals surface area contributed by atoms with Crippen molar-refractivity contribution in [3.63, 3.8) is 0 Å². The van der Waals surface area contributed by atoms with Crippen molar-refractivity contribution in [3.8, 4) is 5.75 Å². The highest BCUT2D eigenvalue weighted by atomic mass is 79.9. The quantitative estimate of drug-likeness (QED) is 0.760. The second-order valence-electron chi connectivity index (χ2n) is 6.08. The van der Waals surface area contributed by atoms with E-state index >= 15 is 0 Å². The predicted octanol–water partition coefficient (Wildman–Crippen LogP) is 5.43. The molecule has 21 heavy (non-hydrogen) atoms. The lowest BCUT2D eigenvalue weighted by molar-refractivity contribution is 0.465. The lowest BCUT2D eigenvalue weighted by Gasteiger charge is -2.18. The van der Waals surface area contributed by atoms with Crippen LogP contribution >= 0.6 is 15.9 Å². The van der Waals surface area contributed by atoms with Gasteiger partial charge >= 0.3 is 0 Å². The molecule has 2 unspecified atom stereocenters. The smallest absolute Gasteiger partial charge is 0.121 e. The minimum Gasteiger partial charge on any atom is -0.508 e. The second-order valence-corrected chi connectivity index (χ2v) is 7.00. The molecule has 0 fully saturated rings. The van der Waals surface area contributed by atoms with E-state index in [4.69, 9.17) is 0 Å². The molecule has 0 spiro atoms. The number of fused-ring (bicyclic) bond motifs is 1. The monoisotopic (exact) mass is 345 g/mol. The Morgan fingerprint density at radius 1 is 1.14 bits per heavy atom. The third kappa shape index (κ3) is 2.67. The van der Waals surface area contributed by atoms with Crippen molar-refractivity contribution < 1.29 is 5.11 Å². The predicted molar refractivity (Wildman–Crippen MR) is 91.1 cm³/mol. The fraction of sp³-hybridized carbons (Fsp3) is 0.333. The van der Waals surface area contributed by atoms with Gasteiger partial charge in [0.05, 0.1) is 6.04 Å². The molecule has 0 saturated heterocycles. The Morgan fingerprint density at radius 2 is 1.90 bits per heavy atom. The Kier molecular flexibility index (Phi) is 3.70. The molecule has 2 N–H and O–H groups in total. The lowest BCUT2D eigenvalue weighted by Crippen LogP contribution is -2.07. The van der Waals surface area contributed by atoms with Crippen LogP contribution in [0.2, 0.25) is 0 Å². The summed E-state index contributed by atoms with van der Waals surface area (Å²) in [5, 5.41) is 13.9. The van der Waals surface area contributed by atoms with Crippen LogP contribution in [0, 0.1) is 13.8 Å². The second kappa shape index (κ2) is 5.38. The molecule has 0 aromatic heterocycles. The van der Waals surface area contributed by atoms with Gasteiger partial charge < -0.3 is 10.4 Å². The summed E-state index contributed by atoms with van der Waals surface area (Å²) in [6.45, 7) is 6.45. The van der Waals surface area contributed by atoms with Gasteiger partial charge in [0.2, 0.25) is 0 Å². The first-order valence-electron chi connectivity index (χ1n) is 7.32. The maximum absolute atomic E-state index is 10.3. The molecule has 2 atom stereocenters. The van der Waals surface area contributed by atoms with Gasteiger partial charge in [0.1, 0.15) is 5.75 Å². The van der Waals surface area contributed by atoms with Crippen LogP contribution in [0.4, 0.5) is 5.69 Å². The number of halogens is 1. The SMILES string of the molecule is Cc1cc(Br)cc(NC2CC(C)c3c(C)ccc(O)c32)c1. The standard InChI is InChI=1S/C18H20BrNO/c1-10-6-13(19)9-14(7-10)20-15-8-12(3)17-11(2)4-5-16(21)18(15)17/h4-7,9,12,15,20-21H,8H2,1-3H3. The van der Waals surface area contributed by atoms with E-state index in [0.717, 1.165) is 22.1 Å². The topological polar surface area (TPSA) is 32.3 Å². The molecular weight excluding hydrogens is 326 g/mol. The first-order valence-corrected chi connectivity index (χ1v) is 8.11. The maximum Gasteiger partial charge on any atom is 0.121 e. The summed E-state index contributed by atoms with van der Waals surface area (Å²) in [5.41, 5.74) is 5.95. The molecule has 0 heterocycles. The Bertz CT molecular complexity index is 676. The summed E-state index contributed by atoms with van der Waals surface area (Å²) in [5.74, 6) is 0.877. The number of aromatic hydroxyl groups is 1. The normalized spacial score (nSPS) is 20.4. The van der Waals surface area contributed by atoms with Crippen LogP contribution in [0.1, 0.15) is 47.6 Å². The molecule has 0 aliphatic heterocycles. The number of hydrogen-bond donors (Lipinski definition) is 2. The molecule has 110 valence electrons. The first-order chi connectivity index (χ1) is 9.95. The number of hydrogen-bond acceptors (Lipinski definition) is 2. The van der Waals surface area contributed by atoms with Crippen LogP contribution in [0.15, 0.2) is 34.8 Å². The van der Waals surface area contributed by atoms with Gasteiger partial charge in [-0.05, 0) is 67.1 Å². The Morgan fingerprint density at radius 3 is 2.62 bits per heavy atom. The van der Waals surface area contributed by atoms with Crippen molar-refractivity contribution in [2.24, 2.45) is 0 Å². The number of benzene rings is 2. The van der Waals surface area contributed by atoms with Crippen molar-refractivity contribution in [2.45, 2.75) is 39.2 Å². The van der Waals surface area contributed by atoms with Crippen LogP contribution in [0.3, 0.4) is 0 Å². The van der Waals surface area contributed by atoms with E-state index in [9.17, 15) is 5.11 Å². The third-order valence-corrected chi connectivity index (χ3v) is 4.75. The van der Waals surface area contributed by atoms with Crippen LogP contribution in [0.5, 0.6) is 5.75 Å². The first kappa shape index (κ1) is 14.5. The highest BCUT2D eigenvalue weighted by Gasteiger charge is 2.32. The van der Waals surface area contributed by atoms with Gasteiger partial charge in [-0.1, -0.05) is 28.9 Å². The van der Waals surface area contributed by atoms with E-state index < -0.39 is 0 Å². The van der Waals surface area contributed by atoms with Crippen molar-refractivity contribution in [1.29, 1.82) is 0 Å². The van der Waals surface area contributed by atoms with E-state index in [0.29, 0.717) is 11.7 Å². The summed E-state index contributed by atoms with van der Waals surface area (Å²) in [6, 6.07) is 10.3. The fourth-order valence-corrected chi connectivity index (χ4v) is 4.10. The number of aryl methyl sites for hydroxylation is 2. The minimum atomic E-state index is 0.170.